The minimum absolute atomic E-state index is 0.0688. The van der Waals surface area contributed by atoms with Gasteiger partial charge in [0, 0.05) is 80.4 Å². The SMILES string of the molecule is COC1C=COC2(C)Oc3c(C)c(O)c4c(O)c(c(/C=N/N5CCN(C)CC5)c(O)c4c3C2=O)NC(=O)C(C)=CC=CC(C)C(O)C(C)C(O)C(C)C(O)C1C. The highest BCUT2D eigenvalue weighted by molar-refractivity contribution is 6.23. The number of ether oxygens (including phenoxy) is 3. The number of carbonyl (C=O) groups excluding carboxylic acids is 2. The predicted molar refractivity (Wildman–Crippen MR) is 211 cm³/mol. The van der Waals surface area contributed by atoms with Crippen molar-refractivity contribution in [1.29, 1.82) is 0 Å². The molecular formula is C41H56N4O11. The van der Waals surface area contributed by atoms with Gasteiger partial charge >= 0.3 is 5.79 Å². The van der Waals surface area contributed by atoms with E-state index in [4.69, 9.17) is 14.2 Å². The van der Waals surface area contributed by atoms with Crippen LogP contribution in [0, 0.1) is 30.6 Å². The Hall–Kier alpha value is -4.67. The number of rotatable bonds is 3. The van der Waals surface area contributed by atoms with Gasteiger partial charge in [-0.3, -0.25) is 14.6 Å². The molecule has 9 unspecified atom stereocenters. The first-order valence-corrected chi connectivity index (χ1v) is 18.9. The Kier molecular flexibility index (Phi) is 12.8. The van der Waals surface area contributed by atoms with Crippen LogP contribution in [0.3, 0.4) is 0 Å². The summed E-state index contributed by atoms with van der Waals surface area (Å²) in [4.78, 5) is 30.1. The summed E-state index contributed by atoms with van der Waals surface area (Å²) < 4.78 is 17.7. The standard InChI is InChI=1S/C41H56N4O11/c1-20-11-10-12-21(2)40(53)43-31-26(19-42-45-16-14-44(8)15-17-45)36(50)28-29(37(31)51)35(49)25(6)38-30(28)39(52)41(7,56-38)55-18-13-27(54-9)22(3)33(47)24(5)34(48)23(4)32(20)46/h10-13,18-20,22-24,27,32-34,46-51H,14-17H2,1-9H3,(H,43,53)/b11-10?,18-13?,21-12?,42-19+. The zero-order valence-corrected chi connectivity index (χ0v) is 33.5. The minimum Gasteiger partial charge on any atom is -0.507 e. The maximum Gasteiger partial charge on any atom is 0.312 e. The first-order valence-electron chi connectivity index (χ1n) is 18.9. The van der Waals surface area contributed by atoms with Crippen LogP contribution in [-0.4, -0.2) is 129 Å². The number of ketones is 1. The molecule has 0 spiro atoms. The Morgan fingerprint density at radius 1 is 0.893 bits per heavy atom. The molecule has 56 heavy (non-hydrogen) atoms. The fourth-order valence-corrected chi connectivity index (χ4v) is 7.53. The zero-order chi connectivity index (χ0) is 41.4. The van der Waals surface area contributed by atoms with E-state index in [0.29, 0.717) is 13.1 Å². The molecule has 4 aliphatic rings. The van der Waals surface area contributed by atoms with Crippen molar-refractivity contribution in [3.05, 3.63) is 52.8 Å². The van der Waals surface area contributed by atoms with E-state index >= 15 is 0 Å². The monoisotopic (exact) mass is 780 g/mol. The molecule has 306 valence electrons. The number of phenolic OH excluding ortho intramolecular Hbond substituents is 3. The highest BCUT2D eigenvalue weighted by Crippen LogP contribution is 2.55. The molecule has 7 N–H and O–H groups in total. The second-order valence-electron chi connectivity index (χ2n) is 15.5. The summed E-state index contributed by atoms with van der Waals surface area (Å²) in [5, 5.41) is 77.6. The Balaban J connectivity index is 1.70. The third-order valence-corrected chi connectivity index (χ3v) is 11.6. The van der Waals surface area contributed by atoms with E-state index in [-0.39, 0.29) is 44.5 Å². The topological polar surface area (TPSA) is 214 Å². The number of aliphatic hydroxyl groups is 3. The van der Waals surface area contributed by atoms with E-state index in [1.165, 1.54) is 52.5 Å². The van der Waals surface area contributed by atoms with Crippen LogP contribution in [-0.2, 0) is 14.3 Å². The van der Waals surface area contributed by atoms with Crippen LogP contribution in [0.25, 0.3) is 10.8 Å². The Labute approximate surface area is 327 Å². The van der Waals surface area contributed by atoms with Crippen molar-refractivity contribution in [2.75, 3.05) is 45.7 Å². The third kappa shape index (κ3) is 7.96. The molecule has 2 aromatic rings. The first-order chi connectivity index (χ1) is 26.3. The Morgan fingerprint density at radius 2 is 1.52 bits per heavy atom. The van der Waals surface area contributed by atoms with E-state index in [1.54, 1.807) is 44.9 Å². The van der Waals surface area contributed by atoms with Crippen LogP contribution in [0.4, 0.5) is 5.69 Å². The molecule has 9 atom stereocenters. The Bertz CT molecular complexity index is 1950. The van der Waals surface area contributed by atoms with Crippen molar-refractivity contribution in [3.8, 4) is 23.0 Å². The van der Waals surface area contributed by atoms with Gasteiger partial charge in [0.1, 0.15) is 17.2 Å². The van der Waals surface area contributed by atoms with Gasteiger partial charge in [-0.25, -0.2) is 0 Å². The number of hydrogen-bond acceptors (Lipinski definition) is 14. The van der Waals surface area contributed by atoms with Gasteiger partial charge in [-0.1, -0.05) is 45.9 Å². The van der Waals surface area contributed by atoms with Crippen molar-refractivity contribution in [3.63, 3.8) is 0 Å². The molecule has 1 fully saturated rings. The number of fused-ring (bicyclic) bond motifs is 14. The minimum atomic E-state index is -2.01. The number of hydrogen-bond donors (Lipinski definition) is 7. The smallest absolute Gasteiger partial charge is 0.312 e. The number of carbonyl (C=O) groups is 2. The maximum absolute atomic E-state index is 14.3. The summed E-state index contributed by atoms with van der Waals surface area (Å²) >= 11 is 0. The van der Waals surface area contributed by atoms with Crippen molar-refractivity contribution in [2.24, 2.45) is 28.8 Å². The number of anilines is 1. The average Bonchev–Trinajstić information content (AvgIpc) is 3.44. The van der Waals surface area contributed by atoms with Crippen molar-refractivity contribution in [1.82, 2.24) is 9.91 Å². The van der Waals surface area contributed by atoms with Crippen LogP contribution >= 0.6 is 0 Å². The molecule has 0 saturated carbocycles. The van der Waals surface area contributed by atoms with E-state index in [9.17, 15) is 40.2 Å². The lowest BCUT2D eigenvalue weighted by Gasteiger charge is -2.36. The first kappa shape index (κ1) is 42.5. The van der Waals surface area contributed by atoms with Crippen molar-refractivity contribution >= 4 is 34.4 Å². The van der Waals surface area contributed by atoms with Gasteiger partial charge in [0.05, 0.1) is 59.1 Å². The van der Waals surface area contributed by atoms with Crippen LogP contribution in [0.2, 0.25) is 0 Å². The van der Waals surface area contributed by atoms with Gasteiger partial charge in [0.2, 0.25) is 0 Å². The van der Waals surface area contributed by atoms with Gasteiger partial charge in [-0.15, -0.1) is 0 Å². The van der Waals surface area contributed by atoms with Gasteiger partial charge in [0.15, 0.2) is 5.75 Å². The van der Waals surface area contributed by atoms with Gasteiger partial charge in [0.25, 0.3) is 11.7 Å². The van der Waals surface area contributed by atoms with Crippen molar-refractivity contribution < 1.29 is 54.4 Å². The molecule has 15 heteroatoms. The number of aromatic hydroxyl groups is 3. The summed E-state index contributed by atoms with van der Waals surface area (Å²) in [6.07, 6.45) is 4.79. The van der Waals surface area contributed by atoms with E-state index in [0.717, 1.165) is 13.1 Å². The molecule has 5 bridgehead atoms. The molecule has 1 amide bonds. The molecular weight excluding hydrogens is 724 g/mol. The van der Waals surface area contributed by atoms with Gasteiger partial charge in [-0.2, -0.15) is 5.10 Å². The van der Waals surface area contributed by atoms with Crippen LogP contribution in [0.1, 0.15) is 63.0 Å². The number of allylic oxidation sites excluding steroid dienone is 2. The number of likely N-dealkylation sites (N-methyl/N-ethyl adjacent to an activating group) is 1. The summed E-state index contributed by atoms with van der Waals surface area (Å²) in [5.41, 5.74) is -0.290. The molecule has 0 radical (unpaired) electrons. The Morgan fingerprint density at radius 3 is 2.16 bits per heavy atom. The van der Waals surface area contributed by atoms with Gasteiger partial charge in [-0.05, 0) is 27.0 Å². The lowest BCUT2D eigenvalue weighted by molar-refractivity contribution is -0.112. The average molecular weight is 781 g/mol. The van der Waals surface area contributed by atoms with Crippen molar-refractivity contribution in [2.45, 2.75) is 78.7 Å². The molecule has 0 aliphatic carbocycles. The molecule has 15 nitrogen and oxygen atoms in total. The van der Waals surface area contributed by atoms with Crippen LogP contribution in [0.15, 0.2) is 41.2 Å². The van der Waals surface area contributed by atoms with E-state index in [1.807, 2.05) is 7.05 Å². The number of hydrazone groups is 1. The predicted octanol–water partition coefficient (Wildman–Crippen LogP) is 3.76. The number of benzene rings is 2. The number of nitrogens with zero attached hydrogens (tertiary/aromatic N) is 3. The van der Waals surface area contributed by atoms with Crippen LogP contribution < -0.4 is 10.1 Å². The third-order valence-electron chi connectivity index (χ3n) is 11.6. The molecule has 0 aromatic heterocycles. The summed E-state index contributed by atoms with van der Waals surface area (Å²) in [5.74, 6) is -7.59. The molecule has 1 saturated heterocycles. The number of aliphatic hydroxyl groups excluding tert-OH is 3. The maximum atomic E-state index is 14.3. The van der Waals surface area contributed by atoms with E-state index < -0.39 is 82.8 Å². The summed E-state index contributed by atoms with van der Waals surface area (Å²) in [7, 11) is 3.43. The van der Waals surface area contributed by atoms with E-state index in [2.05, 4.69) is 15.3 Å². The number of amides is 1. The number of phenols is 3. The largest absolute Gasteiger partial charge is 0.507 e. The number of piperazine rings is 1. The molecule has 4 heterocycles. The molecule has 6 rings (SSSR count). The molecule has 4 aliphatic heterocycles. The summed E-state index contributed by atoms with van der Waals surface area (Å²) in [6, 6.07) is 0. The lowest BCUT2D eigenvalue weighted by Crippen LogP contribution is -2.44. The van der Waals surface area contributed by atoms with Crippen LogP contribution in [0.5, 0.6) is 23.0 Å². The quantitative estimate of drug-likeness (QED) is 0.134. The lowest BCUT2D eigenvalue weighted by atomic mass is 9.78. The van der Waals surface area contributed by atoms with Gasteiger partial charge < -0.3 is 55.1 Å². The second kappa shape index (κ2) is 16.8. The fraction of sp³-hybridized carbons (Fsp3) is 0.537. The summed E-state index contributed by atoms with van der Waals surface area (Å²) in [6.45, 7) is 13.8. The highest BCUT2D eigenvalue weighted by atomic mass is 16.7. The normalized spacial score (nSPS) is 31.2. The fourth-order valence-electron chi connectivity index (χ4n) is 7.53. The number of Topliss-reactive ketones (excluding diaryl/α,β-unsaturated/α-hetero) is 1. The zero-order valence-electron chi connectivity index (χ0n) is 33.5. The number of nitrogens with one attached hydrogen (secondary N) is 1. The number of methoxy groups -OCH3 is 1. The molecule has 2 aromatic carbocycles. The highest BCUT2D eigenvalue weighted by Gasteiger charge is 2.50. The second-order valence-corrected chi connectivity index (χ2v) is 15.5.